The van der Waals surface area contributed by atoms with Crippen LogP contribution in [0.1, 0.15) is 26.2 Å². The minimum atomic E-state index is -3.61. The Morgan fingerprint density at radius 1 is 1.31 bits per heavy atom. The summed E-state index contributed by atoms with van der Waals surface area (Å²) in [7, 11) is -3.61. The second-order valence-electron chi connectivity index (χ2n) is 6.73. The van der Waals surface area contributed by atoms with Crippen LogP contribution in [0.4, 0.5) is 5.69 Å². The van der Waals surface area contributed by atoms with Crippen LogP contribution in [0, 0.1) is 11.8 Å². The molecule has 9 heteroatoms. The van der Waals surface area contributed by atoms with E-state index in [0.29, 0.717) is 19.0 Å². The Kier molecular flexibility index (Phi) is 5.55. The van der Waals surface area contributed by atoms with Gasteiger partial charge in [0.25, 0.3) is 5.91 Å². The maximum absolute atomic E-state index is 12.6. The van der Waals surface area contributed by atoms with Gasteiger partial charge in [0, 0.05) is 13.1 Å². The van der Waals surface area contributed by atoms with Crippen molar-refractivity contribution < 1.29 is 22.7 Å². The first-order chi connectivity index (χ1) is 12.3. The Labute approximate surface area is 157 Å². The smallest absolute Gasteiger partial charge is 0.309 e. The summed E-state index contributed by atoms with van der Waals surface area (Å²) in [5.41, 5.74) is 0.174. The molecule has 1 amide bonds. The Hall–Kier alpha value is -1.64. The van der Waals surface area contributed by atoms with Gasteiger partial charge >= 0.3 is 5.97 Å². The zero-order valence-electron chi connectivity index (χ0n) is 14.4. The van der Waals surface area contributed by atoms with Gasteiger partial charge in [-0.3, -0.25) is 9.59 Å². The van der Waals surface area contributed by atoms with Gasteiger partial charge in [0.1, 0.15) is 0 Å². The number of sulfonamides is 1. The number of benzene rings is 1. The van der Waals surface area contributed by atoms with Gasteiger partial charge in [0.2, 0.25) is 10.0 Å². The number of nitrogens with one attached hydrogen (secondary N) is 1. The molecule has 0 aromatic heterocycles. The first kappa shape index (κ1) is 19.1. The van der Waals surface area contributed by atoms with E-state index in [1.165, 1.54) is 22.5 Å². The van der Waals surface area contributed by atoms with Gasteiger partial charge in [-0.2, -0.15) is 4.31 Å². The fourth-order valence-electron chi connectivity index (χ4n) is 2.92. The van der Waals surface area contributed by atoms with Crippen molar-refractivity contribution in [1.82, 2.24) is 4.31 Å². The molecule has 1 aromatic rings. The van der Waals surface area contributed by atoms with Gasteiger partial charge in [-0.1, -0.05) is 18.5 Å². The fourth-order valence-corrected chi connectivity index (χ4v) is 4.63. The van der Waals surface area contributed by atoms with E-state index in [1.807, 2.05) is 6.92 Å². The monoisotopic (exact) mass is 400 g/mol. The van der Waals surface area contributed by atoms with E-state index in [-0.39, 0.29) is 27.5 Å². The van der Waals surface area contributed by atoms with Crippen LogP contribution >= 0.6 is 11.6 Å². The Bertz CT molecular complexity index is 820. The quantitative estimate of drug-likeness (QED) is 0.739. The molecule has 1 saturated heterocycles. The Morgan fingerprint density at radius 3 is 2.58 bits per heavy atom. The first-order valence-electron chi connectivity index (χ1n) is 8.55. The molecule has 1 aliphatic carbocycles. The third-order valence-corrected chi connectivity index (χ3v) is 6.90. The van der Waals surface area contributed by atoms with Crippen LogP contribution in [-0.2, 0) is 24.3 Å². The van der Waals surface area contributed by atoms with E-state index in [0.717, 1.165) is 19.3 Å². The lowest BCUT2D eigenvalue weighted by Crippen LogP contribution is -2.28. The van der Waals surface area contributed by atoms with E-state index < -0.39 is 22.5 Å². The third-order valence-electron chi connectivity index (χ3n) is 4.67. The van der Waals surface area contributed by atoms with E-state index in [1.54, 1.807) is 0 Å². The summed E-state index contributed by atoms with van der Waals surface area (Å²) >= 11 is 6.06. The molecule has 2 aliphatic rings. The predicted octanol–water partition coefficient (Wildman–Crippen LogP) is 2.26. The van der Waals surface area contributed by atoms with Gasteiger partial charge in [0.05, 0.1) is 21.5 Å². The summed E-state index contributed by atoms with van der Waals surface area (Å²) in [6.07, 6.45) is 2.45. The lowest BCUT2D eigenvalue weighted by molar-refractivity contribution is -0.148. The summed E-state index contributed by atoms with van der Waals surface area (Å²) in [5.74, 6) is -0.777. The van der Waals surface area contributed by atoms with Crippen LogP contribution in [-0.4, -0.2) is 44.3 Å². The molecule has 1 heterocycles. The number of halogens is 1. The highest BCUT2D eigenvalue weighted by Gasteiger charge is 2.40. The molecule has 1 aromatic carbocycles. The minimum absolute atomic E-state index is 0.0721. The van der Waals surface area contributed by atoms with E-state index in [2.05, 4.69) is 5.32 Å². The highest BCUT2D eigenvalue weighted by molar-refractivity contribution is 7.89. The summed E-state index contributed by atoms with van der Waals surface area (Å²) in [4.78, 5) is 23.7. The number of hydrogen-bond donors (Lipinski definition) is 1. The van der Waals surface area contributed by atoms with Crippen LogP contribution in [0.2, 0.25) is 5.02 Å². The van der Waals surface area contributed by atoms with E-state index in [4.69, 9.17) is 16.3 Å². The van der Waals surface area contributed by atoms with Crippen molar-refractivity contribution in [1.29, 1.82) is 0 Å². The average Bonchev–Trinajstić information content (AvgIpc) is 3.10. The number of amides is 1. The molecule has 1 N–H and O–H groups in total. The van der Waals surface area contributed by atoms with Crippen molar-refractivity contribution >= 4 is 39.2 Å². The van der Waals surface area contributed by atoms with Gasteiger partial charge in [-0.25, -0.2) is 8.42 Å². The molecule has 1 aliphatic heterocycles. The standard InChI is InChI=1S/C17H21ClN2O5S/c1-11-8-13(11)17(22)25-10-16(21)19-15-9-12(4-5-14(15)18)26(23,24)20-6-2-3-7-20/h4-5,9,11,13H,2-3,6-8,10H2,1H3,(H,19,21)/t11-,13-/m0/s1. The van der Waals surface area contributed by atoms with Crippen molar-refractivity contribution in [3.8, 4) is 0 Å². The largest absolute Gasteiger partial charge is 0.455 e. The van der Waals surface area contributed by atoms with Crippen molar-refractivity contribution in [2.75, 3.05) is 25.0 Å². The molecule has 0 spiro atoms. The lowest BCUT2D eigenvalue weighted by Gasteiger charge is -2.16. The molecule has 142 valence electrons. The minimum Gasteiger partial charge on any atom is -0.455 e. The van der Waals surface area contributed by atoms with Gasteiger partial charge in [-0.15, -0.1) is 0 Å². The molecule has 0 bridgehead atoms. The number of rotatable bonds is 6. The summed E-state index contributed by atoms with van der Waals surface area (Å²) in [5, 5.41) is 2.72. The van der Waals surface area contributed by atoms with Gasteiger partial charge < -0.3 is 10.1 Å². The second kappa shape index (κ2) is 7.54. The van der Waals surface area contributed by atoms with Crippen LogP contribution < -0.4 is 5.32 Å². The zero-order valence-corrected chi connectivity index (χ0v) is 16.0. The highest BCUT2D eigenvalue weighted by atomic mass is 35.5. The van der Waals surface area contributed by atoms with E-state index >= 15 is 0 Å². The van der Waals surface area contributed by atoms with Crippen molar-refractivity contribution in [3.05, 3.63) is 23.2 Å². The molecular weight excluding hydrogens is 380 g/mol. The summed E-state index contributed by atoms with van der Waals surface area (Å²) < 4.78 is 31.6. The summed E-state index contributed by atoms with van der Waals surface area (Å²) in [6, 6.07) is 4.18. The molecule has 7 nitrogen and oxygen atoms in total. The zero-order chi connectivity index (χ0) is 18.9. The van der Waals surface area contributed by atoms with Gasteiger partial charge in [-0.05, 0) is 43.4 Å². The maximum Gasteiger partial charge on any atom is 0.309 e. The molecule has 2 atom stereocenters. The molecule has 0 unspecified atom stereocenters. The highest BCUT2D eigenvalue weighted by Crippen LogP contribution is 2.38. The Balaban J connectivity index is 1.65. The molecule has 1 saturated carbocycles. The number of ether oxygens (including phenoxy) is 1. The molecular formula is C17H21ClN2O5S. The summed E-state index contributed by atoms with van der Waals surface area (Å²) in [6.45, 7) is 2.49. The van der Waals surface area contributed by atoms with Crippen molar-refractivity contribution in [2.45, 2.75) is 31.1 Å². The van der Waals surface area contributed by atoms with Crippen LogP contribution in [0.25, 0.3) is 0 Å². The molecule has 26 heavy (non-hydrogen) atoms. The van der Waals surface area contributed by atoms with Crippen LogP contribution in [0.3, 0.4) is 0 Å². The topological polar surface area (TPSA) is 92.8 Å². The average molecular weight is 401 g/mol. The first-order valence-corrected chi connectivity index (χ1v) is 10.4. The molecule has 0 radical (unpaired) electrons. The number of esters is 1. The van der Waals surface area contributed by atoms with Gasteiger partial charge in [0.15, 0.2) is 6.61 Å². The number of nitrogens with zero attached hydrogens (tertiary/aromatic N) is 1. The third kappa shape index (κ3) is 4.19. The molecule has 2 fully saturated rings. The molecule has 3 rings (SSSR count). The normalized spacial score (nSPS) is 22.8. The van der Waals surface area contributed by atoms with E-state index in [9.17, 15) is 18.0 Å². The fraction of sp³-hybridized carbons (Fsp3) is 0.529. The number of carbonyl (C=O) groups is 2. The predicted molar refractivity (Wildman–Crippen MR) is 96.3 cm³/mol. The lowest BCUT2D eigenvalue weighted by atomic mass is 10.3. The maximum atomic E-state index is 12.6. The number of carbonyl (C=O) groups excluding carboxylic acids is 2. The number of hydrogen-bond acceptors (Lipinski definition) is 5. The van der Waals surface area contributed by atoms with Crippen LogP contribution in [0.15, 0.2) is 23.1 Å². The number of anilines is 1. The SMILES string of the molecule is C[C@H]1C[C@@H]1C(=O)OCC(=O)Nc1cc(S(=O)(=O)N2CCCC2)ccc1Cl. The van der Waals surface area contributed by atoms with Crippen molar-refractivity contribution in [2.24, 2.45) is 11.8 Å². The van der Waals surface area contributed by atoms with Crippen molar-refractivity contribution in [3.63, 3.8) is 0 Å². The second-order valence-corrected chi connectivity index (χ2v) is 9.07. The van der Waals surface area contributed by atoms with Crippen LogP contribution in [0.5, 0.6) is 0 Å². The Morgan fingerprint density at radius 2 is 1.96 bits per heavy atom.